The average molecular weight is 310 g/mol. The quantitative estimate of drug-likeness (QED) is 0.668. The van der Waals surface area contributed by atoms with E-state index in [0.29, 0.717) is 13.1 Å². The molecule has 1 aromatic carbocycles. The van der Waals surface area contributed by atoms with Crippen molar-refractivity contribution < 1.29 is 19.5 Å². The van der Waals surface area contributed by atoms with Gasteiger partial charge in [-0.2, -0.15) is 0 Å². The van der Waals surface area contributed by atoms with Crippen molar-refractivity contribution in [2.45, 2.75) is 19.3 Å². The first-order valence-corrected chi connectivity index (χ1v) is 6.64. The summed E-state index contributed by atoms with van der Waals surface area (Å²) in [5, 5.41) is 21.9. The molecule has 1 aromatic rings. The second kappa shape index (κ2) is 6.70. The van der Waals surface area contributed by atoms with Crippen LogP contribution in [-0.2, 0) is 4.84 Å². The minimum absolute atomic E-state index is 0.456. The lowest BCUT2D eigenvalue weighted by atomic mass is 10.1. The largest absolute Gasteiger partial charge is 0.434 e. The maximum atomic E-state index is 11.8. The number of carbonyl (C=O) groups is 1. The molecule has 1 fully saturated rings. The Bertz CT molecular complexity index is 567. The number of hydrogen-bond acceptors (Lipinski definition) is 7. The topological polar surface area (TPSA) is 128 Å². The number of piperidine rings is 1. The lowest BCUT2D eigenvalue weighted by molar-refractivity contribution is -0.392. The summed E-state index contributed by atoms with van der Waals surface area (Å²) >= 11 is 0. The fourth-order valence-corrected chi connectivity index (χ4v) is 2.17. The fraction of sp³-hybridized carbons (Fsp3) is 0.417. The maximum Gasteiger partial charge on any atom is 0.434 e. The minimum Gasteiger partial charge on any atom is -0.324 e. The Labute approximate surface area is 124 Å². The SMILES string of the molecule is O=C(ONc1c([N+](=O)[O-])cccc1[N+](=O)[O-])N1CCCCC1. The standard InChI is InChI=1S/C12H14N4O6/c17-12(14-7-2-1-3-8-14)22-13-11-9(15(18)19)5-4-6-10(11)16(20)21/h4-6,13H,1-3,7-8H2. The van der Waals surface area contributed by atoms with Crippen LogP contribution in [0.25, 0.3) is 0 Å². The van der Waals surface area contributed by atoms with Gasteiger partial charge < -0.3 is 9.74 Å². The number of anilines is 1. The Morgan fingerprint density at radius 2 is 1.64 bits per heavy atom. The molecule has 1 amide bonds. The summed E-state index contributed by atoms with van der Waals surface area (Å²) in [7, 11) is 0. The number of benzene rings is 1. The zero-order valence-electron chi connectivity index (χ0n) is 11.6. The van der Waals surface area contributed by atoms with Crippen LogP contribution >= 0.6 is 0 Å². The van der Waals surface area contributed by atoms with Gasteiger partial charge in [-0.15, -0.1) is 0 Å². The van der Waals surface area contributed by atoms with Gasteiger partial charge in [0.15, 0.2) is 0 Å². The highest BCUT2D eigenvalue weighted by atomic mass is 16.7. The van der Waals surface area contributed by atoms with Gasteiger partial charge in [0.25, 0.3) is 0 Å². The van der Waals surface area contributed by atoms with E-state index < -0.39 is 33.0 Å². The number of carbonyl (C=O) groups excluding carboxylic acids is 1. The molecule has 0 saturated carbocycles. The van der Waals surface area contributed by atoms with Crippen LogP contribution in [0.5, 0.6) is 0 Å². The summed E-state index contributed by atoms with van der Waals surface area (Å²) in [5.41, 5.74) is 0.529. The lowest BCUT2D eigenvalue weighted by Gasteiger charge is -2.25. The molecule has 0 radical (unpaired) electrons. The number of hydrogen-bond donors (Lipinski definition) is 1. The third-order valence-corrected chi connectivity index (χ3v) is 3.27. The minimum atomic E-state index is -0.788. The van der Waals surface area contributed by atoms with Gasteiger partial charge in [0.05, 0.1) is 9.85 Å². The molecule has 10 nitrogen and oxygen atoms in total. The molecular weight excluding hydrogens is 296 g/mol. The second-order valence-corrected chi connectivity index (χ2v) is 4.70. The molecule has 118 valence electrons. The molecule has 0 bridgehead atoms. The molecule has 10 heteroatoms. The normalized spacial score (nSPS) is 14.3. The molecule has 0 aromatic heterocycles. The predicted molar refractivity (Wildman–Crippen MR) is 75.3 cm³/mol. The Balaban J connectivity index is 2.15. The zero-order valence-corrected chi connectivity index (χ0v) is 11.6. The summed E-state index contributed by atoms with van der Waals surface area (Å²) in [5.74, 6) is 0. The molecule has 1 aliphatic rings. The molecule has 0 unspecified atom stereocenters. The van der Waals surface area contributed by atoms with Gasteiger partial charge in [0.2, 0.25) is 5.69 Å². The summed E-state index contributed by atoms with van der Waals surface area (Å²) in [4.78, 5) is 38.3. The van der Waals surface area contributed by atoms with E-state index in [1.807, 2.05) is 0 Å². The predicted octanol–water partition coefficient (Wildman–Crippen LogP) is 2.45. The van der Waals surface area contributed by atoms with Crippen LogP contribution in [0.4, 0.5) is 21.9 Å². The molecule has 2 rings (SSSR count). The molecule has 1 heterocycles. The fourth-order valence-electron chi connectivity index (χ4n) is 2.17. The van der Waals surface area contributed by atoms with Crippen LogP contribution in [0.3, 0.4) is 0 Å². The lowest BCUT2D eigenvalue weighted by Crippen LogP contribution is -2.37. The molecule has 1 aliphatic heterocycles. The van der Waals surface area contributed by atoms with Crippen LogP contribution in [0.15, 0.2) is 18.2 Å². The van der Waals surface area contributed by atoms with Crippen molar-refractivity contribution in [2.24, 2.45) is 0 Å². The smallest absolute Gasteiger partial charge is 0.324 e. The van der Waals surface area contributed by atoms with Crippen molar-refractivity contribution in [3.8, 4) is 0 Å². The molecule has 0 spiro atoms. The second-order valence-electron chi connectivity index (χ2n) is 4.70. The number of likely N-dealkylation sites (tertiary alicyclic amines) is 1. The van der Waals surface area contributed by atoms with E-state index in [0.717, 1.165) is 31.4 Å². The number of nitro benzene ring substituents is 2. The van der Waals surface area contributed by atoms with Crippen molar-refractivity contribution in [1.82, 2.24) is 4.90 Å². The first-order valence-electron chi connectivity index (χ1n) is 6.64. The van der Waals surface area contributed by atoms with Gasteiger partial charge in [-0.05, 0) is 25.3 Å². The van der Waals surface area contributed by atoms with Gasteiger partial charge >= 0.3 is 17.5 Å². The molecule has 0 atom stereocenters. The van der Waals surface area contributed by atoms with E-state index in [1.54, 1.807) is 0 Å². The number of nitro groups is 2. The number of nitrogens with one attached hydrogen (secondary N) is 1. The van der Waals surface area contributed by atoms with E-state index in [2.05, 4.69) is 5.48 Å². The Hall–Kier alpha value is -2.91. The molecular formula is C12H14N4O6. The van der Waals surface area contributed by atoms with E-state index in [4.69, 9.17) is 4.84 Å². The highest BCUT2D eigenvalue weighted by Gasteiger charge is 2.27. The summed E-state index contributed by atoms with van der Waals surface area (Å²) in [6.45, 7) is 1.05. The first-order chi connectivity index (χ1) is 10.5. The first kappa shape index (κ1) is 15.5. The number of nitrogens with zero attached hydrogens (tertiary/aromatic N) is 3. The monoisotopic (exact) mass is 310 g/mol. The van der Waals surface area contributed by atoms with Gasteiger partial charge in [-0.1, -0.05) is 0 Å². The average Bonchev–Trinajstić information content (AvgIpc) is 2.52. The van der Waals surface area contributed by atoms with Crippen LogP contribution < -0.4 is 5.48 Å². The van der Waals surface area contributed by atoms with Crippen molar-refractivity contribution in [2.75, 3.05) is 18.6 Å². The third-order valence-electron chi connectivity index (χ3n) is 3.27. The number of para-hydroxylation sites is 1. The van der Waals surface area contributed by atoms with Gasteiger partial charge in [0, 0.05) is 25.2 Å². The molecule has 22 heavy (non-hydrogen) atoms. The van der Waals surface area contributed by atoms with Gasteiger partial charge in [-0.25, -0.2) is 10.3 Å². The van der Waals surface area contributed by atoms with Crippen molar-refractivity contribution in [1.29, 1.82) is 0 Å². The van der Waals surface area contributed by atoms with Crippen molar-refractivity contribution in [3.05, 3.63) is 38.4 Å². The summed E-state index contributed by atoms with van der Waals surface area (Å²) < 4.78 is 0. The van der Waals surface area contributed by atoms with E-state index in [1.165, 1.54) is 11.0 Å². The van der Waals surface area contributed by atoms with Crippen LogP contribution in [0.2, 0.25) is 0 Å². The van der Waals surface area contributed by atoms with E-state index in [9.17, 15) is 25.0 Å². The third kappa shape index (κ3) is 3.40. The van der Waals surface area contributed by atoms with Crippen LogP contribution in [-0.4, -0.2) is 33.9 Å². The van der Waals surface area contributed by atoms with Gasteiger partial charge in [-0.3, -0.25) is 20.2 Å². The summed E-state index contributed by atoms with van der Waals surface area (Å²) in [6.07, 6.45) is 2.00. The molecule has 1 N–H and O–H groups in total. The van der Waals surface area contributed by atoms with Crippen molar-refractivity contribution >= 4 is 23.2 Å². The molecule has 1 saturated heterocycles. The highest BCUT2D eigenvalue weighted by molar-refractivity contribution is 5.75. The van der Waals surface area contributed by atoms with Crippen molar-refractivity contribution in [3.63, 3.8) is 0 Å². The van der Waals surface area contributed by atoms with Crippen LogP contribution in [0, 0.1) is 20.2 Å². The Morgan fingerprint density at radius 1 is 1.09 bits per heavy atom. The van der Waals surface area contributed by atoms with E-state index >= 15 is 0 Å². The Kier molecular flexibility index (Phi) is 4.71. The van der Waals surface area contributed by atoms with Crippen LogP contribution in [0.1, 0.15) is 19.3 Å². The van der Waals surface area contributed by atoms with E-state index in [-0.39, 0.29) is 0 Å². The highest BCUT2D eigenvalue weighted by Crippen LogP contribution is 2.33. The summed E-state index contributed by atoms with van der Waals surface area (Å²) in [6, 6.07) is 3.36. The number of amides is 1. The number of rotatable bonds is 4. The zero-order chi connectivity index (χ0) is 16.1. The molecule has 0 aliphatic carbocycles. The maximum absolute atomic E-state index is 11.8. The Morgan fingerprint density at radius 3 is 2.14 bits per heavy atom. The van der Waals surface area contributed by atoms with Gasteiger partial charge in [0.1, 0.15) is 0 Å².